The Morgan fingerprint density at radius 3 is 1.59 bits per heavy atom. The largest absolute Gasteiger partial charge is 0.295 e. The van der Waals surface area contributed by atoms with E-state index in [-0.39, 0.29) is 10.7 Å². The summed E-state index contributed by atoms with van der Waals surface area (Å²) in [6.07, 6.45) is 2.39. The predicted octanol–water partition coefficient (Wildman–Crippen LogP) is 5.64. The monoisotopic (exact) mass is 588 g/mol. The minimum atomic E-state index is -3.54. The van der Waals surface area contributed by atoms with E-state index >= 15 is 0 Å². The lowest BCUT2D eigenvalue weighted by atomic mass is 10.1. The van der Waals surface area contributed by atoms with Gasteiger partial charge in [-0.3, -0.25) is 13.4 Å². The average molecular weight is 589 g/mol. The molecule has 2 aliphatic heterocycles. The highest BCUT2D eigenvalue weighted by Crippen LogP contribution is 2.34. The van der Waals surface area contributed by atoms with Gasteiger partial charge in [-0.1, -0.05) is 55.5 Å². The lowest BCUT2D eigenvalue weighted by Crippen LogP contribution is -2.29. The summed E-state index contributed by atoms with van der Waals surface area (Å²) < 4.78 is 53.6. The van der Waals surface area contributed by atoms with E-state index in [4.69, 9.17) is 0 Å². The molecule has 0 unspecified atom stereocenters. The summed E-state index contributed by atoms with van der Waals surface area (Å²) in [4.78, 5) is 12.1. The number of nitrogens with zero attached hydrogens (tertiary/aromatic N) is 2. The molecule has 0 saturated carbocycles. The van der Waals surface area contributed by atoms with Crippen molar-refractivity contribution in [1.82, 2.24) is 0 Å². The van der Waals surface area contributed by atoms with Gasteiger partial charge >= 0.3 is 0 Å². The van der Waals surface area contributed by atoms with Crippen LogP contribution in [-0.4, -0.2) is 35.7 Å². The van der Waals surface area contributed by atoms with Crippen LogP contribution in [0.3, 0.4) is 0 Å². The molecule has 41 heavy (non-hydrogen) atoms. The number of benzene rings is 4. The predicted molar refractivity (Wildman–Crippen MR) is 162 cm³/mol. The van der Waals surface area contributed by atoms with Crippen molar-refractivity contribution in [3.05, 3.63) is 119 Å². The molecule has 9 heteroatoms. The third-order valence-electron chi connectivity index (χ3n) is 7.41. The molecule has 0 saturated heterocycles. The van der Waals surface area contributed by atoms with Crippen molar-refractivity contribution in [1.29, 1.82) is 0 Å². The third kappa shape index (κ3) is 5.64. The first kappa shape index (κ1) is 28.6. The average Bonchev–Trinajstić information content (AvgIpc) is 3.63. The molecule has 2 heterocycles. The van der Waals surface area contributed by atoms with Crippen LogP contribution in [0.15, 0.2) is 107 Å². The van der Waals surface area contributed by atoms with Gasteiger partial charge in [0.05, 0.1) is 21.2 Å². The summed E-state index contributed by atoms with van der Waals surface area (Å²) in [6, 6.07) is 28.3. The lowest BCUT2D eigenvalue weighted by molar-refractivity contribution is 0.101. The third-order valence-corrected chi connectivity index (χ3v) is 11.1. The van der Waals surface area contributed by atoms with Gasteiger partial charge in [0.1, 0.15) is 0 Å². The van der Waals surface area contributed by atoms with E-state index in [9.17, 15) is 21.6 Å². The number of aryl methyl sites for hydroxylation is 1. The van der Waals surface area contributed by atoms with Crippen molar-refractivity contribution in [2.75, 3.05) is 21.7 Å². The number of Topliss-reactive ketones (excluding diaryl/α,β-unsaturated/α-hetero) is 1. The van der Waals surface area contributed by atoms with Gasteiger partial charge in [0.15, 0.2) is 5.78 Å². The van der Waals surface area contributed by atoms with Crippen LogP contribution in [0.2, 0.25) is 0 Å². The first-order chi connectivity index (χ1) is 19.6. The van der Waals surface area contributed by atoms with E-state index in [2.05, 4.69) is 13.0 Å². The van der Waals surface area contributed by atoms with Gasteiger partial charge in [-0.2, -0.15) is 0 Å². The van der Waals surface area contributed by atoms with Crippen LogP contribution in [0.5, 0.6) is 0 Å². The van der Waals surface area contributed by atoms with Crippen LogP contribution in [0, 0.1) is 0 Å². The molecule has 212 valence electrons. The molecule has 2 aliphatic rings. The molecule has 0 aromatic heterocycles. The molecule has 0 bridgehead atoms. The maximum Gasteiger partial charge on any atom is 0.264 e. The van der Waals surface area contributed by atoms with Crippen LogP contribution in [0.1, 0.15) is 40.9 Å². The summed E-state index contributed by atoms with van der Waals surface area (Å²) in [6.45, 7) is 4.55. The van der Waals surface area contributed by atoms with Crippen molar-refractivity contribution in [2.24, 2.45) is 0 Å². The van der Waals surface area contributed by atoms with Gasteiger partial charge in [-0.25, -0.2) is 16.8 Å². The topological polar surface area (TPSA) is 91.8 Å². The normalized spacial score (nSPS) is 14.2. The maximum absolute atomic E-state index is 12.7. The van der Waals surface area contributed by atoms with Crippen molar-refractivity contribution in [3.63, 3.8) is 0 Å². The Hall–Kier alpha value is -3.95. The van der Waals surface area contributed by atoms with Crippen LogP contribution in [0.4, 0.5) is 11.4 Å². The van der Waals surface area contributed by atoms with E-state index in [0.717, 1.165) is 29.7 Å². The number of hydrogen-bond acceptors (Lipinski definition) is 5. The standard InChI is InChI=1S/C16H15NO3S.C16H17NO2S/c1-12(18)13-7-8-16-14(11-13)9-10-17(16)21(19,20)15-5-3-2-4-6-15;1-2-13-8-9-16-14(12-13)10-11-17(16)20(18,19)15-6-4-3-5-7-15/h2-8,11H,9-10H2,1H3;3-9,12H,2,10-11H2,1H3. The highest BCUT2D eigenvalue weighted by molar-refractivity contribution is 7.93. The highest BCUT2D eigenvalue weighted by atomic mass is 32.2. The van der Waals surface area contributed by atoms with Crippen molar-refractivity contribution in [3.8, 4) is 0 Å². The van der Waals surface area contributed by atoms with Crippen LogP contribution in [0.25, 0.3) is 0 Å². The van der Waals surface area contributed by atoms with Gasteiger partial charge in [0, 0.05) is 18.7 Å². The van der Waals surface area contributed by atoms with Gasteiger partial charge in [-0.15, -0.1) is 0 Å². The molecule has 0 radical (unpaired) electrons. The molecular formula is C32H32N2O5S2. The van der Waals surface area contributed by atoms with Gasteiger partial charge in [0.25, 0.3) is 20.0 Å². The zero-order valence-corrected chi connectivity index (χ0v) is 24.7. The molecule has 6 rings (SSSR count). The summed E-state index contributed by atoms with van der Waals surface area (Å²) in [5, 5.41) is 0. The molecular weight excluding hydrogens is 556 g/mol. The van der Waals surface area contributed by atoms with Crippen molar-refractivity contribution < 1.29 is 21.6 Å². The van der Waals surface area contributed by atoms with E-state index in [1.165, 1.54) is 21.1 Å². The van der Waals surface area contributed by atoms with Crippen molar-refractivity contribution >= 4 is 37.2 Å². The molecule has 0 N–H and O–H groups in total. The number of sulfonamides is 2. The summed E-state index contributed by atoms with van der Waals surface area (Å²) in [7, 11) is -6.98. The number of carbonyl (C=O) groups is 1. The number of anilines is 2. The fraction of sp³-hybridized carbons (Fsp3) is 0.219. The second-order valence-corrected chi connectivity index (χ2v) is 13.7. The van der Waals surface area contributed by atoms with Crippen LogP contribution < -0.4 is 8.61 Å². The first-order valence-corrected chi connectivity index (χ1v) is 16.4. The number of carbonyl (C=O) groups excluding carboxylic acids is 1. The fourth-order valence-corrected chi connectivity index (χ4v) is 8.22. The maximum atomic E-state index is 12.7. The number of fused-ring (bicyclic) bond motifs is 2. The van der Waals surface area contributed by atoms with Crippen LogP contribution >= 0.6 is 0 Å². The number of rotatable bonds is 6. The molecule has 4 aromatic rings. The minimum Gasteiger partial charge on any atom is -0.295 e. The minimum absolute atomic E-state index is 0.0119. The Morgan fingerprint density at radius 1 is 0.659 bits per heavy atom. The molecule has 4 aromatic carbocycles. The van der Waals surface area contributed by atoms with E-state index in [1.807, 2.05) is 18.2 Å². The Morgan fingerprint density at radius 2 is 1.12 bits per heavy atom. The Kier molecular flexibility index (Phi) is 8.02. The smallest absolute Gasteiger partial charge is 0.264 e. The van der Waals surface area contributed by atoms with E-state index in [1.54, 1.807) is 72.8 Å². The quantitative estimate of drug-likeness (QED) is 0.272. The van der Waals surface area contributed by atoms with Crippen LogP contribution in [-0.2, 0) is 39.3 Å². The van der Waals surface area contributed by atoms with E-state index in [0.29, 0.717) is 35.7 Å². The molecule has 0 aliphatic carbocycles. The first-order valence-electron chi connectivity index (χ1n) is 13.5. The SMILES string of the molecule is CC(=O)c1ccc2c(c1)CCN2S(=O)(=O)c1ccccc1.CCc1ccc2c(c1)CCN2S(=O)(=O)c1ccccc1. The van der Waals surface area contributed by atoms with Gasteiger partial charge in [-0.05, 0) is 91.4 Å². The number of hydrogen-bond donors (Lipinski definition) is 0. The zero-order chi connectivity index (χ0) is 29.2. The molecule has 0 fully saturated rings. The summed E-state index contributed by atoms with van der Waals surface area (Å²) in [5.74, 6) is -0.0119. The number of ketones is 1. The highest BCUT2D eigenvalue weighted by Gasteiger charge is 2.32. The Balaban J connectivity index is 0.000000165. The summed E-state index contributed by atoms with van der Waals surface area (Å²) >= 11 is 0. The van der Waals surface area contributed by atoms with Crippen molar-refractivity contribution in [2.45, 2.75) is 42.9 Å². The Bertz CT molecular complexity index is 1790. The molecule has 0 atom stereocenters. The molecule has 0 amide bonds. The lowest BCUT2D eigenvalue weighted by Gasteiger charge is -2.19. The molecule has 7 nitrogen and oxygen atoms in total. The second-order valence-electron chi connectivity index (χ2n) is 10.00. The zero-order valence-electron chi connectivity index (χ0n) is 23.0. The van der Waals surface area contributed by atoms with Gasteiger partial charge in [0.2, 0.25) is 0 Å². The second kappa shape index (κ2) is 11.5. The Labute approximate surface area is 242 Å². The molecule has 0 spiro atoms. The van der Waals surface area contributed by atoms with E-state index < -0.39 is 20.0 Å². The summed E-state index contributed by atoms with van der Waals surface area (Å²) in [5.41, 5.74) is 5.40. The fourth-order valence-electron chi connectivity index (χ4n) is 5.17. The van der Waals surface area contributed by atoms with Gasteiger partial charge < -0.3 is 0 Å².